The van der Waals surface area contributed by atoms with Crippen LogP contribution in [-0.2, 0) is 0 Å². The molecule has 6 heteroatoms. The molecule has 0 aliphatic rings. The van der Waals surface area contributed by atoms with Crippen LogP contribution in [0.5, 0.6) is 0 Å². The number of nitrogens with one attached hydrogen (secondary N) is 1. The standard InChI is InChI=1S/C18H15ClN4O/c1-2-6-15(20)17-21-16-11-12(19)9-10-14(16)18(24)23(17)22-13-7-4-3-5-8-13/h1,3-5,7-11,15,22H,6,20H2. The Labute approximate surface area is 144 Å². The van der Waals surface area contributed by atoms with Gasteiger partial charge in [-0.05, 0) is 30.3 Å². The molecule has 0 fully saturated rings. The summed E-state index contributed by atoms with van der Waals surface area (Å²) in [6.07, 6.45) is 5.62. The topological polar surface area (TPSA) is 72.9 Å². The monoisotopic (exact) mass is 338 g/mol. The van der Waals surface area contributed by atoms with Gasteiger partial charge in [-0.3, -0.25) is 10.2 Å². The fraction of sp³-hybridized carbons (Fsp3) is 0.111. The van der Waals surface area contributed by atoms with Gasteiger partial charge in [0.25, 0.3) is 5.56 Å². The average molecular weight is 339 g/mol. The first-order valence-electron chi connectivity index (χ1n) is 7.33. The van der Waals surface area contributed by atoms with Crippen molar-refractivity contribution in [2.45, 2.75) is 12.5 Å². The number of hydrogen-bond donors (Lipinski definition) is 2. The molecule has 0 radical (unpaired) electrons. The summed E-state index contributed by atoms with van der Waals surface area (Å²) in [6.45, 7) is 0. The lowest BCUT2D eigenvalue weighted by Crippen LogP contribution is -2.34. The molecule has 3 aromatic rings. The molecule has 0 spiro atoms. The number of terminal acetylenes is 1. The van der Waals surface area contributed by atoms with E-state index >= 15 is 0 Å². The molecule has 1 atom stereocenters. The van der Waals surface area contributed by atoms with Crippen LogP contribution in [0.2, 0.25) is 5.02 Å². The number of anilines is 1. The summed E-state index contributed by atoms with van der Waals surface area (Å²) in [5.74, 6) is 2.86. The van der Waals surface area contributed by atoms with Crippen LogP contribution in [0.4, 0.5) is 5.69 Å². The van der Waals surface area contributed by atoms with Gasteiger partial charge in [-0.25, -0.2) is 9.66 Å². The molecule has 1 aromatic heterocycles. The Bertz CT molecular complexity index is 976. The molecule has 0 saturated heterocycles. The van der Waals surface area contributed by atoms with E-state index in [1.807, 2.05) is 30.3 Å². The molecule has 24 heavy (non-hydrogen) atoms. The zero-order chi connectivity index (χ0) is 17.1. The maximum atomic E-state index is 12.9. The van der Waals surface area contributed by atoms with Crippen molar-refractivity contribution in [2.24, 2.45) is 5.73 Å². The number of nitrogens with zero attached hydrogens (tertiary/aromatic N) is 2. The summed E-state index contributed by atoms with van der Waals surface area (Å²) in [4.78, 5) is 17.4. The maximum Gasteiger partial charge on any atom is 0.280 e. The first kappa shape index (κ1) is 16.1. The predicted octanol–water partition coefficient (Wildman–Crippen LogP) is 2.95. The van der Waals surface area contributed by atoms with E-state index in [9.17, 15) is 4.79 Å². The Hall–Kier alpha value is -2.81. The molecular formula is C18H15ClN4O. The SMILES string of the molecule is C#CCC(N)c1nc2cc(Cl)ccc2c(=O)n1Nc1ccccc1. The largest absolute Gasteiger partial charge is 0.321 e. The number of rotatable bonds is 4. The summed E-state index contributed by atoms with van der Waals surface area (Å²) < 4.78 is 1.34. The summed E-state index contributed by atoms with van der Waals surface area (Å²) in [5, 5.41) is 0.944. The molecule has 3 N–H and O–H groups in total. The third kappa shape index (κ3) is 3.11. The lowest BCUT2D eigenvalue weighted by atomic mass is 10.2. The Morgan fingerprint density at radius 1 is 1.29 bits per heavy atom. The lowest BCUT2D eigenvalue weighted by Gasteiger charge is -2.18. The number of aromatic nitrogens is 2. The molecule has 120 valence electrons. The Balaban J connectivity index is 2.22. The number of benzene rings is 2. The van der Waals surface area contributed by atoms with Gasteiger partial charge >= 0.3 is 0 Å². The van der Waals surface area contributed by atoms with Gasteiger partial charge < -0.3 is 5.73 Å². The predicted molar refractivity (Wildman–Crippen MR) is 96.9 cm³/mol. The smallest absolute Gasteiger partial charge is 0.280 e. The minimum atomic E-state index is -0.581. The average Bonchev–Trinajstić information content (AvgIpc) is 2.58. The van der Waals surface area contributed by atoms with Gasteiger partial charge in [0.05, 0.1) is 22.6 Å². The summed E-state index contributed by atoms with van der Waals surface area (Å²) in [6, 6.07) is 13.7. The molecule has 0 aliphatic heterocycles. The number of halogens is 1. The summed E-state index contributed by atoms with van der Waals surface area (Å²) >= 11 is 6.01. The van der Waals surface area contributed by atoms with Gasteiger partial charge in [-0.15, -0.1) is 12.3 Å². The van der Waals surface area contributed by atoms with Crippen LogP contribution < -0.4 is 16.7 Å². The highest BCUT2D eigenvalue weighted by Gasteiger charge is 2.17. The van der Waals surface area contributed by atoms with Crippen LogP contribution in [0.15, 0.2) is 53.3 Å². The van der Waals surface area contributed by atoms with E-state index in [0.717, 1.165) is 5.69 Å². The highest BCUT2D eigenvalue weighted by Crippen LogP contribution is 2.19. The van der Waals surface area contributed by atoms with Gasteiger partial charge in [-0.1, -0.05) is 29.8 Å². The second-order valence-corrected chi connectivity index (χ2v) is 5.70. The molecule has 0 aliphatic carbocycles. The van der Waals surface area contributed by atoms with Crippen molar-refractivity contribution in [3.05, 3.63) is 69.7 Å². The van der Waals surface area contributed by atoms with E-state index in [0.29, 0.717) is 21.7 Å². The minimum absolute atomic E-state index is 0.259. The maximum absolute atomic E-state index is 12.9. The summed E-state index contributed by atoms with van der Waals surface area (Å²) in [7, 11) is 0. The van der Waals surface area contributed by atoms with Crippen LogP contribution in [0, 0.1) is 12.3 Å². The van der Waals surface area contributed by atoms with Gasteiger partial charge in [0.1, 0.15) is 5.82 Å². The minimum Gasteiger partial charge on any atom is -0.321 e. The van der Waals surface area contributed by atoms with E-state index in [4.69, 9.17) is 23.8 Å². The first-order chi connectivity index (χ1) is 11.6. The second-order valence-electron chi connectivity index (χ2n) is 5.26. The fourth-order valence-electron chi connectivity index (χ4n) is 2.39. The fourth-order valence-corrected chi connectivity index (χ4v) is 2.56. The molecule has 1 heterocycles. The van der Waals surface area contributed by atoms with Crippen molar-refractivity contribution < 1.29 is 0 Å². The van der Waals surface area contributed by atoms with Crippen LogP contribution in [0.1, 0.15) is 18.3 Å². The molecule has 3 rings (SSSR count). The molecule has 0 amide bonds. The normalized spacial score (nSPS) is 11.9. The first-order valence-corrected chi connectivity index (χ1v) is 7.71. The van der Waals surface area contributed by atoms with E-state index in [1.54, 1.807) is 18.2 Å². The lowest BCUT2D eigenvalue weighted by molar-refractivity contribution is 0.639. The van der Waals surface area contributed by atoms with Gasteiger partial charge in [0.2, 0.25) is 0 Å². The Morgan fingerprint density at radius 3 is 2.75 bits per heavy atom. The zero-order valence-corrected chi connectivity index (χ0v) is 13.5. The van der Waals surface area contributed by atoms with Crippen LogP contribution in [-0.4, -0.2) is 9.66 Å². The number of nitrogens with two attached hydrogens (primary N) is 1. The van der Waals surface area contributed by atoms with Crippen molar-refractivity contribution >= 4 is 28.2 Å². The van der Waals surface area contributed by atoms with Crippen molar-refractivity contribution in [3.8, 4) is 12.3 Å². The van der Waals surface area contributed by atoms with Crippen molar-refractivity contribution in [3.63, 3.8) is 0 Å². The highest BCUT2D eigenvalue weighted by atomic mass is 35.5. The number of fused-ring (bicyclic) bond motifs is 1. The zero-order valence-electron chi connectivity index (χ0n) is 12.7. The molecule has 0 saturated carbocycles. The quantitative estimate of drug-likeness (QED) is 0.717. The van der Waals surface area contributed by atoms with E-state index < -0.39 is 6.04 Å². The van der Waals surface area contributed by atoms with E-state index in [-0.39, 0.29) is 12.0 Å². The van der Waals surface area contributed by atoms with Crippen molar-refractivity contribution in [1.29, 1.82) is 0 Å². The molecule has 0 bridgehead atoms. The highest BCUT2D eigenvalue weighted by molar-refractivity contribution is 6.31. The van der Waals surface area contributed by atoms with Crippen molar-refractivity contribution in [1.82, 2.24) is 9.66 Å². The Morgan fingerprint density at radius 2 is 2.04 bits per heavy atom. The molecule has 2 aromatic carbocycles. The van der Waals surface area contributed by atoms with Crippen LogP contribution >= 0.6 is 11.6 Å². The van der Waals surface area contributed by atoms with E-state index in [1.165, 1.54) is 4.68 Å². The number of hydrogen-bond acceptors (Lipinski definition) is 4. The molecular weight excluding hydrogens is 324 g/mol. The summed E-state index contributed by atoms with van der Waals surface area (Å²) in [5.41, 5.74) is 10.1. The Kier molecular flexibility index (Phi) is 4.52. The third-order valence-corrected chi connectivity index (χ3v) is 3.78. The van der Waals surface area contributed by atoms with Gasteiger partial charge in [0, 0.05) is 11.4 Å². The van der Waals surface area contributed by atoms with Crippen LogP contribution in [0.3, 0.4) is 0 Å². The van der Waals surface area contributed by atoms with Crippen molar-refractivity contribution in [2.75, 3.05) is 5.43 Å². The molecule has 5 nitrogen and oxygen atoms in total. The molecule has 1 unspecified atom stereocenters. The number of para-hydroxylation sites is 1. The second kappa shape index (κ2) is 6.75. The van der Waals surface area contributed by atoms with Crippen LogP contribution in [0.25, 0.3) is 10.9 Å². The van der Waals surface area contributed by atoms with E-state index in [2.05, 4.69) is 16.3 Å². The third-order valence-electron chi connectivity index (χ3n) is 3.54. The van der Waals surface area contributed by atoms with Gasteiger partial charge in [-0.2, -0.15) is 0 Å². The van der Waals surface area contributed by atoms with Gasteiger partial charge in [0.15, 0.2) is 0 Å².